The van der Waals surface area contributed by atoms with Gasteiger partial charge in [0.05, 0.1) is 0 Å². The van der Waals surface area contributed by atoms with Crippen LogP contribution in [0.4, 0.5) is 0 Å². The molecule has 14 heavy (non-hydrogen) atoms. The molecule has 1 rings (SSSR count). The predicted molar refractivity (Wildman–Crippen MR) is 64.5 cm³/mol. The molecule has 0 aliphatic rings. The van der Waals surface area contributed by atoms with Crippen LogP contribution in [0.1, 0.15) is 5.56 Å². The number of rotatable bonds is 4. The predicted octanol–water partition coefficient (Wildman–Crippen LogP) is 2.21. The topological polar surface area (TPSA) is 6.48 Å². The Morgan fingerprint density at radius 2 is 2.07 bits per heavy atom. The molecule has 78 valence electrons. The smallest absolute Gasteiger partial charge is 0.0415 e. The third kappa shape index (κ3) is 3.16. The van der Waals surface area contributed by atoms with E-state index in [4.69, 9.17) is 0 Å². The summed E-state index contributed by atoms with van der Waals surface area (Å²) in [6.07, 6.45) is 2.25. The molecule has 0 atom stereocenters. The van der Waals surface area contributed by atoms with Gasteiger partial charge in [-0.05, 0) is 37.0 Å². The normalized spacial score (nSPS) is 12.2. The summed E-state index contributed by atoms with van der Waals surface area (Å²) in [5, 5.41) is 4.30. The van der Waals surface area contributed by atoms with Crippen LogP contribution in [0.25, 0.3) is 5.70 Å². The van der Waals surface area contributed by atoms with Crippen molar-refractivity contribution >= 4 is 17.0 Å². The first-order chi connectivity index (χ1) is 6.61. The molecule has 0 bridgehead atoms. The molecule has 0 aliphatic heterocycles. The van der Waals surface area contributed by atoms with E-state index in [1.165, 1.54) is 11.3 Å². The molecule has 0 amide bonds. The van der Waals surface area contributed by atoms with Crippen LogP contribution < -0.4 is 0 Å². The van der Waals surface area contributed by atoms with Crippen LogP contribution in [0.15, 0.2) is 22.9 Å². The minimum absolute atomic E-state index is 0.976. The Bertz CT molecular complexity index is 286. The van der Waals surface area contributed by atoms with Gasteiger partial charge in [-0.2, -0.15) is 11.3 Å². The zero-order chi connectivity index (χ0) is 10.6. The number of likely N-dealkylation sites (N-methyl/N-ethyl adjacent to an activating group) is 1. The van der Waals surface area contributed by atoms with Gasteiger partial charge in [-0.3, -0.25) is 0 Å². The van der Waals surface area contributed by atoms with E-state index in [9.17, 15) is 0 Å². The van der Waals surface area contributed by atoms with Crippen molar-refractivity contribution < 1.29 is 0 Å². The fourth-order valence-corrected chi connectivity index (χ4v) is 1.89. The second kappa shape index (κ2) is 5.17. The third-order valence-corrected chi connectivity index (χ3v) is 2.63. The van der Waals surface area contributed by atoms with E-state index in [2.05, 4.69) is 60.9 Å². The van der Waals surface area contributed by atoms with Crippen LogP contribution in [-0.2, 0) is 0 Å². The van der Waals surface area contributed by atoms with Crippen LogP contribution in [0.2, 0.25) is 0 Å². The van der Waals surface area contributed by atoms with Gasteiger partial charge >= 0.3 is 0 Å². The van der Waals surface area contributed by atoms with Crippen LogP contribution >= 0.6 is 11.3 Å². The number of hydrogen-bond donors (Lipinski definition) is 0. The number of hydrogen-bond acceptors (Lipinski definition) is 3. The van der Waals surface area contributed by atoms with Gasteiger partial charge < -0.3 is 9.80 Å². The van der Waals surface area contributed by atoms with E-state index in [0.717, 1.165) is 6.54 Å². The molecule has 0 unspecified atom stereocenters. The molecule has 1 aromatic heterocycles. The molecular weight excluding hydrogens is 192 g/mol. The highest BCUT2D eigenvalue weighted by Crippen LogP contribution is 2.19. The second-order valence-corrected chi connectivity index (χ2v) is 4.54. The molecule has 0 saturated heterocycles. The van der Waals surface area contributed by atoms with Gasteiger partial charge in [0.25, 0.3) is 0 Å². The number of thiophene rings is 1. The molecule has 0 spiro atoms. The van der Waals surface area contributed by atoms with E-state index < -0.39 is 0 Å². The van der Waals surface area contributed by atoms with Crippen molar-refractivity contribution in [3.8, 4) is 0 Å². The first-order valence-electron chi connectivity index (χ1n) is 4.66. The lowest BCUT2D eigenvalue weighted by molar-refractivity contribution is 0.453. The highest BCUT2D eigenvalue weighted by Gasteiger charge is 2.03. The van der Waals surface area contributed by atoms with Crippen molar-refractivity contribution in [1.29, 1.82) is 0 Å². The van der Waals surface area contributed by atoms with Crippen molar-refractivity contribution in [2.75, 3.05) is 34.7 Å². The van der Waals surface area contributed by atoms with E-state index >= 15 is 0 Å². The highest BCUT2D eigenvalue weighted by atomic mass is 32.1. The average Bonchev–Trinajstić information content (AvgIpc) is 2.56. The summed E-state index contributed by atoms with van der Waals surface area (Å²) in [4.78, 5) is 4.32. The van der Waals surface area contributed by atoms with Crippen molar-refractivity contribution in [1.82, 2.24) is 9.80 Å². The summed E-state index contributed by atoms with van der Waals surface area (Å²) in [6.45, 7) is 0.976. The van der Waals surface area contributed by atoms with Crippen molar-refractivity contribution in [3.63, 3.8) is 0 Å². The fourth-order valence-electron chi connectivity index (χ4n) is 1.24. The van der Waals surface area contributed by atoms with Crippen molar-refractivity contribution in [3.05, 3.63) is 28.5 Å². The maximum atomic E-state index is 2.25. The van der Waals surface area contributed by atoms with Gasteiger partial charge in [-0.1, -0.05) is 0 Å². The zero-order valence-electron chi connectivity index (χ0n) is 9.32. The molecule has 2 nitrogen and oxygen atoms in total. The molecule has 1 aromatic rings. The fraction of sp³-hybridized carbons (Fsp3) is 0.455. The second-order valence-electron chi connectivity index (χ2n) is 3.76. The molecule has 0 aliphatic carbocycles. The minimum atomic E-state index is 0.976. The average molecular weight is 210 g/mol. The molecule has 0 N–H and O–H groups in total. The van der Waals surface area contributed by atoms with Gasteiger partial charge in [0.1, 0.15) is 0 Å². The maximum absolute atomic E-state index is 2.25. The Kier molecular flexibility index (Phi) is 4.17. The SMILES string of the molecule is CN(C)C/C=C(/c1ccsc1)N(C)C. The van der Waals surface area contributed by atoms with Gasteiger partial charge in [-0.15, -0.1) is 0 Å². The summed E-state index contributed by atoms with van der Waals surface area (Å²) in [5.74, 6) is 0. The molecular formula is C11H18N2S. The van der Waals surface area contributed by atoms with Gasteiger partial charge in [0.2, 0.25) is 0 Å². The lowest BCUT2D eigenvalue weighted by Gasteiger charge is -2.17. The Morgan fingerprint density at radius 3 is 2.50 bits per heavy atom. The Balaban J connectivity index is 2.80. The molecule has 0 aromatic carbocycles. The summed E-state index contributed by atoms with van der Waals surface area (Å²) < 4.78 is 0. The lowest BCUT2D eigenvalue weighted by atomic mass is 10.2. The Labute approximate surface area is 90.5 Å². The van der Waals surface area contributed by atoms with Gasteiger partial charge in [0.15, 0.2) is 0 Å². The monoisotopic (exact) mass is 210 g/mol. The van der Waals surface area contributed by atoms with Gasteiger partial charge in [-0.25, -0.2) is 0 Å². The summed E-state index contributed by atoms with van der Waals surface area (Å²) in [5.41, 5.74) is 2.60. The number of nitrogens with zero attached hydrogens (tertiary/aromatic N) is 2. The molecule has 0 radical (unpaired) electrons. The quantitative estimate of drug-likeness (QED) is 0.752. The first kappa shape index (κ1) is 11.3. The van der Waals surface area contributed by atoms with Crippen LogP contribution in [0, 0.1) is 0 Å². The van der Waals surface area contributed by atoms with E-state index in [1.807, 2.05) is 0 Å². The maximum Gasteiger partial charge on any atom is 0.0415 e. The summed E-state index contributed by atoms with van der Waals surface area (Å²) in [6, 6.07) is 2.16. The van der Waals surface area contributed by atoms with Crippen LogP contribution in [0.3, 0.4) is 0 Å². The zero-order valence-corrected chi connectivity index (χ0v) is 10.1. The van der Waals surface area contributed by atoms with Crippen LogP contribution in [-0.4, -0.2) is 44.5 Å². The molecule has 0 saturated carbocycles. The Morgan fingerprint density at radius 1 is 1.36 bits per heavy atom. The largest absolute Gasteiger partial charge is 0.377 e. The molecule has 1 heterocycles. The lowest BCUT2D eigenvalue weighted by Crippen LogP contribution is -2.15. The van der Waals surface area contributed by atoms with E-state index in [1.54, 1.807) is 11.3 Å². The molecule has 3 heteroatoms. The van der Waals surface area contributed by atoms with Gasteiger partial charge in [0, 0.05) is 31.9 Å². The standard InChI is InChI=1S/C11H18N2S/c1-12(2)7-5-11(13(3)4)10-6-8-14-9-10/h5-6,8-9H,7H2,1-4H3/b11-5-. The third-order valence-electron chi connectivity index (χ3n) is 1.95. The van der Waals surface area contributed by atoms with E-state index in [0.29, 0.717) is 0 Å². The van der Waals surface area contributed by atoms with E-state index in [-0.39, 0.29) is 0 Å². The highest BCUT2D eigenvalue weighted by molar-refractivity contribution is 7.08. The first-order valence-corrected chi connectivity index (χ1v) is 5.60. The molecule has 0 fully saturated rings. The minimum Gasteiger partial charge on any atom is -0.377 e. The van der Waals surface area contributed by atoms with Crippen molar-refractivity contribution in [2.45, 2.75) is 0 Å². The summed E-state index contributed by atoms with van der Waals surface area (Å²) >= 11 is 1.74. The van der Waals surface area contributed by atoms with Crippen molar-refractivity contribution in [2.24, 2.45) is 0 Å². The summed E-state index contributed by atoms with van der Waals surface area (Å²) in [7, 11) is 8.33. The Hall–Kier alpha value is -0.800. The van der Waals surface area contributed by atoms with Crippen LogP contribution in [0.5, 0.6) is 0 Å².